The molecule has 6 heteroatoms. The van der Waals surface area contributed by atoms with Gasteiger partial charge in [0.15, 0.2) is 5.13 Å². The van der Waals surface area contributed by atoms with Gasteiger partial charge in [0, 0.05) is 12.4 Å². The fourth-order valence-electron chi connectivity index (χ4n) is 3.00. The van der Waals surface area contributed by atoms with E-state index in [-0.39, 0.29) is 5.91 Å². The highest BCUT2D eigenvalue weighted by Gasteiger charge is 2.24. The molecule has 0 saturated carbocycles. The SMILES string of the molecule is COc1ccccc1C(=O)N(Cc1cccnc1)c1nc2ccc(C)cc2s1. The zero-order valence-corrected chi connectivity index (χ0v) is 16.4. The normalized spacial score (nSPS) is 10.8. The Hall–Kier alpha value is -3.25. The molecule has 2 heterocycles. The highest BCUT2D eigenvalue weighted by atomic mass is 32.1. The van der Waals surface area contributed by atoms with Crippen molar-refractivity contribution in [3.8, 4) is 5.75 Å². The van der Waals surface area contributed by atoms with Gasteiger partial charge in [0.1, 0.15) is 5.75 Å². The molecular weight excluding hydrogens is 370 g/mol. The average Bonchev–Trinajstić information content (AvgIpc) is 3.15. The molecule has 0 N–H and O–H groups in total. The molecule has 0 unspecified atom stereocenters. The fourth-order valence-corrected chi connectivity index (χ4v) is 4.06. The summed E-state index contributed by atoms with van der Waals surface area (Å²) in [6, 6.07) is 17.2. The van der Waals surface area contributed by atoms with Crippen LogP contribution in [0.1, 0.15) is 21.5 Å². The molecule has 0 atom stereocenters. The second kappa shape index (κ2) is 7.78. The quantitative estimate of drug-likeness (QED) is 0.489. The molecule has 28 heavy (non-hydrogen) atoms. The van der Waals surface area contributed by atoms with Crippen molar-refractivity contribution < 1.29 is 9.53 Å². The molecule has 0 saturated heterocycles. The van der Waals surface area contributed by atoms with E-state index in [0.717, 1.165) is 21.3 Å². The molecular formula is C22H19N3O2S. The molecule has 140 valence electrons. The number of carbonyl (C=O) groups is 1. The van der Waals surface area contributed by atoms with Gasteiger partial charge >= 0.3 is 0 Å². The lowest BCUT2D eigenvalue weighted by atomic mass is 10.1. The Bertz CT molecular complexity index is 1130. The number of fused-ring (bicyclic) bond motifs is 1. The van der Waals surface area contributed by atoms with Gasteiger partial charge in [-0.15, -0.1) is 0 Å². The first kappa shape index (κ1) is 18.1. The van der Waals surface area contributed by atoms with Crippen LogP contribution in [0.25, 0.3) is 10.2 Å². The summed E-state index contributed by atoms with van der Waals surface area (Å²) in [4.78, 5) is 24.0. The lowest BCUT2D eigenvalue weighted by Gasteiger charge is -2.21. The van der Waals surface area contributed by atoms with Crippen LogP contribution >= 0.6 is 11.3 Å². The number of nitrogens with zero attached hydrogens (tertiary/aromatic N) is 3. The lowest BCUT2D eigenvalue weighted by molar-refractivity contribution is 0.0982. The number of pyridine rings is 1. The molecule has 0 bridgehead atoms. The number of carbonyl (C=O) groups excluding carboxylic acids is 1. The number of hydrogen-bond donors (Lipinski definition) is 0. The van der Waals surface area contributed by atoms with E-state index in [2.05, 4.69) is 11.1 Å². The monoisotopic (exact) mass is 389 g/mol. The minimum Gasteiger partial charge on any atom is -0.496 e. The summed E-state index contributed by atoms with van der Waals surface area (Å²) in [7, 11) is 1.57. The van der Waals surface area contributed by atoms with E-state index in [1.807, 2.05) is 43.3 Å². The van der Waals surface area contributed by atoms with Crippen molar-refractivity contribution in [2.45, 2.75) is 13.5 Å². The number of rotatable bonds is 5. The van der Waals surface area contributed by atoms with Crippen molar-refractivity contribution in [3.05, 3.63) is 83.7 Å². The number of benzene rings is 2. The van der Waals surface area contributed by atoms with Gasteiger partial charge in [-0.25, -0.2) is 4.98 Å². The smallest absolute Gasteiger partial charge is 0.264 e. The lowest BCUT2D eigenvalue weighted by Crippen LogP contribution is -2.30. The molecule has 0 aliphatic carbocycles. The summed E-state index contributed by atoms with van der Waals surface area (Å²) < 4.78 is 6.46. The molecule has 2 aromatic heterocycles. The number of para-hydroxylation sites is 1. The van der Waals surface area contributed by atoms with Crippen LogP contribution in [-0.2, 0) is 6.54 Å². The maximum Gasteiger partial charge on any atom is 0.264 e. The van der Waals surface area contributed by atoms with Gasteiger partial charge in [0.2, 0.25) is 0 Å². The third-order valence-corrected chi connectivity index (χ3v) is 5.45. The Labute approximate surface area is 167 Å². The van der Waals surface area contributed by atoms with E-state index in [9.17, 15) is 4.79 Å². The van der Waals surface area contributed by atoms with Gasteiger partial charge in [0.05, 0.1) is 29.4 Å². The van der Waals surface area contributed by atoms with E-state index in [1.165, 1.54) is 11.3 Å². The minimum atomic E-state index is -0.155. The van der Waals surface area contributed by atoms with Crippen molar-refractivity contribution in [1.82, 2.24) is 9.97 Å². The van der Waals surface area contributed by atoms with Crippen LogP contribution in [0, 0.1) is 6.92 Å². The molecule has 5 nitrogen and oxygen atoms in total. The molecule has 0 spiro atoms. The molecule has 0 radical (unpaired) electrons. The van der Waals surface area contributed by atoms with Crippen LogP contribution in [0.5, 0.6) is 5.75 Å². The van der Waals surface area contributed by atoms with Crippen molar-refractivity contribution in [3.63, 3.8) is 0 Å². The third-order valence-electron chi connectivity index (χ3n) is 4.41. The third kappa shape index (κ3) is 3.59. The predicted octanol–water partition coefficient (Wildman–Crippen LogP) is 4.86. The molecule has 4 rings (SSSR count). The van der Waals surface area contributed by atoms with Crippen LogP contribution in [0.2, 0.25) is 0 Å². The molecule has 0 aliphatic rings. The minimum absolute atomic E-state index is 0.155. The summed E-state index contributed by atoms with van der Waals surface area (Å²) in [6.07, 6.45) is 3.48. The first-order chi connectivity index (χ1) is 13.7. The fraction of sp³-hybridized carbons (Fsp3) is 0.136. The Kier molecular flexibility index (Phi) is 5.04. The van der Waals surface area contributed by atoms with Gasteiger partial charge in [0.25, 0.3) is 5.91 Å². The number of ether oxygens (including phenoxy) is 1. The highest BCUT2D eigenvalue weighted by molar-refractivity contribution is 7.22. The molecule has 0 aliphatic heterocycles. The van der Waals surface area contributed by atoms with E-state index < -0.39 is 0 Å². The van der Waals surface area contributed by atoms with E-state index in [1.54, 1.807) is 36.5 Å². The van der Waals surface area contributed by atoms with Gasteiger partial charge in [-0.05, 0) is 48.4 Å². The van der Waals surface area contributed by atoms with Crippen LogP contribution in [0.4, 0.5) is 5.13 Å². The number of thiazole rings is 1. The summed E-state index contributed by atoms with van der Waals surface area (Å²) in [5, 5.41) is 0.653. The van der Waals surface area contributed by atoms with Crippen LogP contribution < -0.4 is 9.64 Å². The van der Waals surface area contributed by atoms with Crippen LogP contribution in [0.3, 0.4) is 0 Å². The Morgan fingerprint density at radius 2 is 2.00 bits per heavy atom. The first-order valence-corrected chi connectivity index (χ1v) is 9.68. The largest absolute Gasteiger partial charge is 0.496 e. The number of aryl methyl sites for hydroxylation is 1. The van der Waals surface area contributed by atoms with Crippen molar-refractivity contribution in [2.24, 2.45) is 0 Å². The van der Waals surface area contributed by atoms with E-state index in [0.29, 0.717) is 23.0 Å². The standard InChI is InChI=1S/C22H19N3O2S/c1-15-9-10-18-20(12-15)28-22(24-18)25(14-16-6-5-11-23-13-16)21(26)17-7-3-4-8-19(17)27-2/h3-13H,14H2,1-2H3. The summed E-state index contributed by atoms with van der Waals surface area (Å²) in [6.45, 7) is 2.43. The molecule has 1 amide bonds. The highest BCUT2D eigenvalue weighted by Crippen LogP contribution is 2.32. The van der Waals surface area contributed by atoms with Gasteiger partial charge in [-0.1, -0.05) is 35.6 Å². The molecule has 4 aromatic rings. The number of hydrogen-bond acceptors (Lipinski definition) is 5. The van der Waals surface area contributed by atoms with Crippen LogP contribution in [-0.4, -0.2) is 23.0 Å². The summed E-state index contributed by atoms with van der Waals surface area (Å²) in [5.41, 5.74) is 3.48. The van der Waals surface area contributed by atoms with Crippen molar-refractivity contribution in [1.29, 1.82) is 0 Å². The van der Waals surface area contributed by atoms with Crippen molar-refractivity contribution in [2.75, 3.05) is 12.0 Å². The number of anilines is 1. The second-order valence-corrected chi connectivity index (χ2v) is 7.43. The van der Waals surface area contributed by atoms with Gasteiger partial charge < -0.3 is 4.74 Å². The number of methoxy groups -OCH3 is 1. The molecule has 0 fully saturated rings. The van der Waals surface area contributed by atoms with Crippen molar-refractivity contribution >= 4 is 32.6 Å². The van der Waals surface area contributed by atoms with E-state index in [4.69, 9.17) is 9.72 Å². The summed E-state index contributed by atoms with van der Waals surface area (Å²) >= 11 is 1.51. The Morgan fingerprint density at radius 1 is 1.14 bits per heavy atom. The number of aromatic nitrogens is 2. The van der Waals surface area contributed by atoms with Gasteiger partial charge in [-0.2, -0.15) is 0 Å². The first-order valence-electron chi connectivity index (χ1n) is 8.86. The topological polar surface area (TPSA) is 55.3 Å². The van der Waals surface area contributed by atoms with Crippen LogP contribution in [0.15, 0.2) is 67.0 Å². The van der Waals surface area contributed by atoms with Gasteiger partial charge in [-0.3, -0.25) is 14.7 Å². The molecule has 2 aromatic carbocycles. The zero-order valence-electron chi connectivity index (χ0n) is 15.6. The predicted molar refractivity (Wildman–Crippen MR) is 112 cm³/mol. The maximum atomic E-state index is 13.5. The Balaban J connectivity index is 1.79. The Morgan fingerprint density at radius 3 is 2.79 bits per heavy atom. The summed E-state index contributed by atoms with van der Waals surface area (Å²) in [5.74, 6) is 0.387. The second-order valence-electron chi connectivity index (χ2n) is 6.42. The number of amides is 1. The van der Waals surface area contributed by atoms with E-state index >= 15 is 0 Å². The maximum absolute atomic E-state index is 13.5. The zero-order chi connectivity index (χ0) is 19.5. The average molecular weight is 389 g/mol.